The van der Waals surface area contributed by atoms with Gasteiger partial charge in [0.15, 0.2) is 6.29 Å². The van der Waals surface area contributed by atoms with Crippen molar-refractivity contribution in [1.82, 2.24) is 0 Å². The Bertz CT molecular complexity index is 353. The first-order chi connectivity index (χ1) is 6.92. The van der Waals surface area contributed by atoms with Gasteiger partial charge >= 0.3 is 0 Å². The van der Waals surface area contributed by atoms with Gasteiger partial charge in [0.25, 0.3) is 0 Å². The van der Waals surface area contributed by atoms with Crippen LogP contribution in [-0.4, -0.2) is 12.9 Å². The van der Waals surface area contributed by atoms with Crippen LogP contribution in [0.15, 0.2) is 18.2 Å². The lowest BCUT2D eigenvalue weighted by molar-refractivity contribution is 0.111. The number of aldehydes is 1. The number of hydrogen-bond donors (Lipinski definition) is 0. The van der Waals surface area contributed by atoms with Crippen LogP contribution in [0.2, 0.25) is 0 Å². The zero-order chi connectivity index (χ0) is 11.5. The van der Waals surface area contributed by atoms with Crippen LogP contribution < -0.4 is 4.74 Å². The van der Waals surface area contributed by atoms with Gasteiger partial charge in [-0.1, -0.05) is 20.8 Å². The molecule has 0 saturated carbocycles. The Labute approximate surface area is 89.1 Å². The molecular formula is C12H15FO2. The second-order valence-electron chi connectivity index (χ2n) is 4.65. The van der Waals surface area contributed by atoms with E-state index < -0.39 is 5.82 Å². The van der Waals surface area contributed by atoms with E-state index in [-0.39, 0.29) is 11.0 Å². The Kier molecular flexibility index (Phi) is 3.45. The summed E-state index contributed by atoms with van der Waals surface area (Å²) in [5.41, 5.74) is 0.0814. The van der Waals surface area contributed by atoms with Crippen LogP contribution in [0.25, 0.3) is 0 Å². The molecule has 0 aliphatic rings. The summed E-state index contributed by atoms with van der Waals surface area (Å²) in [5.74, 6) is -0.0931. The summed E-state index contributed by atoms with van der Waals surface area (Å²) in [6, 6.07) is 4.24. The molecule has 1 aromatic carbocycles. The van der Waals surface area contributed by atoms with E-state index in [0.29, 0.717) is 18.6 Å². The second-order valence-corrected chi connectivity index (χ2v) is 4.65. The first-order valence-corrected chi connectivity index (χ1v) is 4.80. The van der Waals surface area contributed by atoms with E-state index in [2.05, 4.69) is 0 Å². The van der Waals surface area contributed by atoms with Crippen molar-refractivity contribution in [2.45, 2.75) is 20.8 Å². The van der Waals surface area contributed by atoms with Crippen molar-refractivity contribution in [1.29, 1.82) is 0 Å². The third-order valence-corrected chi connectivity index (χ3v) is 1.77. The second kappa shape index (κ2) is 4.43. The van der Waals surface area contributed by atoms with Gasteiger partial charge in [-0.25, -0.2) is 4.39 Å². The maximum absolute atomic E-state index is 13.2. The van der Waals surface area contributed by atoms with Gasteiger partial charge in [0.1, 0.15) is 11.6 Å². The Morgan fingerprint density at radius 3 is 2.53 bits per heavy atom. The van der Waals surface area contributed by atoms with Gasteiger partial charge in [0.2, 0.25) is 0 Å². The molecule has 0 aromatic heterocycles. The molecule has 0 aliphatic heterocycles. The van der Waals surface area contributed by atoms with E-state index in [1.165, 1.54) is 12.1 Å². The van der Waals surface area contributed by atoms with Gasteiger partial charge in [-0.3, -0.25) is 4.79 Å². The quantitative estimate of drug-likeness (QED) is 0.717. The molecule has 0 saturated heterocycles. The van der Waals surface area contributed by atoms with Crippen LogP contribution in [0.3, 0.4) is 0 Å². The highest BCUT2D eigenvalue weighted by Crippen LogP contribution is 2.19. The van der Waals surface area contributed by atoms with Crippen LogP contribution in [0.1, 0.15) is 31.1 Å². The lowest BCUT2D eigenvalue weighted by Crippen LogP contribution is -2.16. The first kappa shape index (κ1) is 11.7. The van der Waals surface area contributed by atoms with Crippen molar-refractivity contribution in [3.05, 3.63) is 29.6 Å². The van der Waals surface area contributed by atoms with Crippen molar-refractivity contribution in [2.75, 3.05) is 6.61 Å². The Morgan fingerprint density at radius 1 is 1.40 bits per heavy atom. The molecule has 0 aliphatic carbocycles. The van der Waals surface area contributed by atoms with Crippen LogP contribution in [0, 0.1) is 11.2 Å². The average molecular weight is 210 g/mol. The fourth-order valence-corrected chi connectivity index (χ4v) is 0.993. The first-order valence-electron chi connectivity index (χ1n) is 4.80. The summed E-state index contributed by atoms with van der Waals surface area (Å²) >= 11 is 0. The molecule has 3 heteroatoms. The molecule has 15 heavy (non-hydrogen) atoms. The summed E-state index contributed by atoms with van der Waals surface area (Å²) in [7, 11) is 0. The van der Waals surface area contributed by atoms with Crippen molar-refractivity contribution < 1.29 is 13.9 Å². The lowest BCUT2D eigenvalue weighted by Gasteiger charge is -2.18. The molecular weight excluding hydrogens is 195 g/mol. The smallest absolute Gasteiger partial charge is 0.152 e. The molecule has 0 bridgehead atoms. The van der Waals surface area contributed by atoms with Gasteiger partial charge in [-0.15, -0.1) is 0 Å². The SMILES string of the molecule is CC(C)(C)COc1ccc(C=O)c(F)c1. The largest absolute Gasteiger partial charge is 0.493 e. The molecule has 0 unspecified atom stereocenters. The monoisotopic (exact) mass is 210 g/mol. The van der Waals surface area contributed by atoms with E-state index >= 15 is 0 Å². The molecule has 2 nitrogen and oxygen atoms in total. The Balaban J connectivity index is 2.72. The number of carbonyl (C=O) groups is 1. The van der Waals surface area contributed by atoms with Crippen molar-refractivity contribution >= 4 is 6.29 Å². The molecule has 0 radical (unpaired) electrons. The average Bonchev–Trinajstić information content (AvgIpc) is 2.14. The van der Waals surface area contributed by atoms with Crippen molar-refractivity contribution in [3.8, 4) is 5.75 Å². The van der Waals surface area contributed by atoms with E-state index in [4.69, 9.17) is 4.74 Å². The van der Waals surface area contributed by atoms with Gasteiger partial charge in [0.05, 0.1) is 12.2 Å². The Hall–Kier alpha value is -1.38. The molecule has 0 amide bonds. The van der Waals surface area contributed by atoms with E-state index in [9.17, 15) is 9.18 Å². The normalized spacial score (nSPS) is 11.2. The predicted octanol–water partition coefficient (Wildman–Crippen LogP) is 3.06. The summed E-state index contributed by atoms with van der Waals surface area (Å²) < 4.78 is 18.6. The molecule has 0 atom stereocenters. The molecule has 0 N–H and O–H groups in total. The third kappa shape index (κ3) is 3.70. The van der Waals surface area contributed by atoms with Crippen LogP contribution in [0.5, 0.6) is 5.75 Å². The highest BCUT2D eigenvalue weighted by molar-refractivity contribution is 5.75. The molecule has 0 spiro atoms. The van der Waals surface area contributed by atoms with Gasteiger partial charge in [0, 0.05) is 6.07 Å². The summed E-state index contributed by atoms with van der Waals surface area (Å²) in [5, 5.41) is 0. The Morgan fingerprint density at radius 2 is 2.07 bits per heavy atom. The molecule has 0 fully saturated rings. The minimum atomic E-state index is -0.545. The highest BCUT2D eigenvalue weighted by Gasteiger charge is 2.11. The molecule has 82 valence electrons. The fourth-order valence-electron chi connectivity index (χ4n) is 0.993. The van der Waals surface area contributed by atoms with E-state index in [0.717, 1.165) is 0 Å². The molecule has 1 rings (SSSR count). The number of rotatable bonds is 3. The summed E-state index contributed by atoms with van der Waals surface area (Å²) in [4.78, 5) is 10.4. The van der Waals surface area contributed by atoms with Crippen LogP contribution >= 0.6 is 0 Å². The number of ether oxygens (including phenoxy) is 1. The number of carbonyl (C=O) groups excluding carboxylic acids is 1. The summed E-state index contributed by atoms with van der Waals surface area (Å²) in [6.07, 6.45) is 0.489. The number of hydrogen-bond acceptors (Lipinski definition) is 2. The van der Waals surface area contributed by atoms with E-state index in [1.807, 2.05) is 20.8 Å². The highest BCUT2D eigenvalue weighted by atomic mass is 19.1. The lowest BCUT2D eigenvalue weighted by atomic mass is 9.99. The standard InChI is InChI=1S/C12H15FO2/c1-12(2,3)8-15-10-5-4-9(7-14)11(13)6-10/h4-7H,8H2,1-3H3. The minimum absolute atomic E-state index is 0.0276. The maximum Gasteiger partial charge on any atom is 0.152 e. The van der Waals surface area contributed by atoms with Gasteiger partial charge in [-0.05, 0) is 17.5 Å². The third-order valence-electron chi connectivity index (χ3n) is 1.77. The number of halogens is 1. The van der Waals surface area contributed by atoms with Gasteiger partial charge in [-0.2, -0.15) is 0 Å². The zero-order valence-electron chi connectivity index (χ0n) is 9.21. The topological polar surface area (TPSA) is 26.3 Å². The number of benzene rings is 1. The van der Waals surface area contributed by atoms with Crippen LogP contribution in [-0.2, 0) is 0 Å². The minimum Gasteiger partial charge on any atom is -0.493 e. The van der Waals surface area contributed by atoms with E-state index in [1.54, 1.807) is 6.07 Å². The maximum atomic E-state index is 13.2. The summed E-state index contributed by atoms with van der Waals surface area (Å²) in [6.45, 7) is 6.60. The molecule has 0 heterocycles. The van der Waals surface area contributed by atoms with Gasteiger partial charge < -0.3 is 4.74 Å². The zero-order valence-corrected chi connectivity index (χ0v) is 9.21. The van der Waals surface area contributed by atoms with Crippen molar-refractivity contribution in [2.24, 2.45) is 5.41 Å². The van der Waals surface area contributed by atoms with Crippen LogP contribution in [0.4, 0.5) is 4.39 Å². The molecule has 1 aromatic rings. The predicted molar refractivity (Wildman–Crippen MR) is 56.7 cm³/mol. The fraction of sp³-hybridized carbons (Fsp3) is 0.417. The van der Waals surface area contributed by atoms with Crippen molar-refractivity contribution in [3.63, 3.8) is 0 Å².